The largest absolute Gasteiger partial charge is 0.416 e. The van der Waals surface area contributed by atoms with E-state index in [1.54, 1.807) is 13.1 Å². The van der Waals surface area contributed by atoms with Crippen LogP contribution in [0.25, 0.3) is 11.3 Å². The second-order valence-corrected chi connectivity index (χ2v) is 4.97. The summed E-state index contributed by atoms with van der Waals surface area (Å²) in [5.74, 6) is 0.714. The lowest BCUT2D eigenvalue weighted by Gasteiger charge is -2.16. The number of halogens is 3. The van der Waals surface area contributed by atoms with Crippen LogP contribution in [0.5, 0.6) is 0 Å². The predicted octanol–water partition coefficient (Wildman–Crippen LogP) is 4.33. The number of hydrogen-bond acceptors (Lipinski definition) is 3. The molecule has 0 aliphatic carbocycles. The summed E-state index contributed by atoms with van der Waals surface area (Å²) in [6, 6.07) is 5.19. The van der Waals surface area contributed by atoms with E-state index < -0.39 is 11.7 Å². The summed E-state index contributed by atoms with van der Waals surface area (Å²) < 4.78 is 38.5. The molecule has 112 valence electrons. The van der Waals surface area contributed by atoms with E-state index in [1.165, 1.54) is 12.4 Å². The van der Waals surface area contributed by atoms with Crippen molar-refractivity contribution < 1.29 is 13.2 Å². The first-order valence-corrected chi connectivity index (χ1v) is 6.55. The van der Waals surface area contributed by atoms with Gasteiger partial charge in [-0.15, -0.1) is 0 Å². The maximum absolute atomic E-state index is 12.8. The van der Waals surface area contributed by atoms with E-state index in [4.69, 9.17) is 0 Å². The summed E-state index contributed by atoms with van der Waals surface area (Å²) in [5.41, 5.74) is 1.08. The van der Waals surface area contributed by atoms with Crippen molar-refractivity contribution in [3.05, 3.63) is 41.7 Å². The van der Waals surface area contributed by atoms with Gasteiger partial charge < -0.3 is 5.32 Å². The number of alkyl halides is 3. The molecule has 0 bridgehead atoms. The van der Waals surface area contributed by atoms with Gasteiger partial charge in [-0.3, -0.25) is 0 Å². The van der Waals surface area contributed by atoms with Crippen molar-refractivity contribution in [3.63, 3.8) is 0 Å². The first kappa shape index (κ1) is 15.3. The maximum Gasteiger partial charge on any atom is 0.416 e. The van der Waals surface area contributed by atoms with E-state index in [0.717, 1.165) is 17.7 Å². The molecule has 0 aliphatic rings. The molecule has 3 nitrogen and oxygen atoms in total. The van der Waals surface area contributed by atoms with E-state index in [-0.39, 0.29) is 5.92 Å². The van der Waals surface area contributed by atoms with Gasteiger partial charge in [-0.05, 0) is 18.1 Å². The predicted molar refractivity (Wildman–Crippen MR) is 76.1 cm³/mol. The first-order valence-electron chi connectivity index (χ1n) is 6.55. The van der Waals surface area contributed by atoms with Gasteiger partial charge in [-0.2, -0.15) is 13.2 Å². The molecule has 1 aromatic carbocycles. The van der Waals surface area contributed by atoms with Crippen molar-refractivity contribution in [1.29, 1.82) is 0 Å². The SMILES string of the molecule is CNc1ncnc(-c2cccc(C(F)(F)F)c2)c1C(C)C. The topological polar surface area (TPSA) is 37.8 Å². The first-order chi connectivity index (χ1) is 9.84. The van der Waals surface area contributed by atoms with Crippen LogP contribution < -0.4 is 5.32 Å². The van der Waals surface area contributed by atoms with Gasteiger partial charge in [0, 0.05) is 18.2 Å². The van der Waals surface area contributed by atoms with Crippen molar-refractivity contribution >= 4 is 5.82 Å². The third-order valence-corrected chi connectivity index (χ3v) is 3.16. The Labute approximate surface area is 121 Å². The molecule has 1 aromatic heterocycles. The summed E-state index contributed by atoms with van der Waals surface area (Å²) in [6.07, 6.45) is -3.01. The van der Waals surface area contributed by atoms with Gasteiger partial charge in [0.15, 0.2) is 0 Å². The summed E-state index contributed by atoms with van der Waals surface area (Å²) in [6.45, 7) is 3.91. The molecule has 21 heavy (non-hydrogen) atoms. The van der Waals surface area contributed by atoms with Crippen LogP contribution in [0.2, 0.25) is 0 Å². The Balaban J connectivity index is 2.62. The van der Waals surface area contributed by atoms with Gasteiger partial charge in [0.05, 0.1) is 11.3 Å². The van der Waals surface area contributed by atoms with Gasteiger partial charge >= 0.3 is 6.18 Å². The van der Waals surface area contributed by atoms with Crippen LogP contribution in [-0.2, 0) is 6.18 Å². The summed E-state index contributed by atoms with van der Waals surface area (Å²) in [7, 11) is 1.73. The molecule has 0 aliphatic heterocycles. The van der Waals surface area contributed by atoms with E-state index in [0.29, 0.717) is 17.1 Å². The van der Waals surface area contributed by atoms with Crippen molar-refractivity contribution in [2.75, 3.05) is 12.4 Å². The Morgan fingerprint density at radius 3 is 2.43 bits per heavy atom. The van der Waals surface area contributed by atoms with Crippen molar-refractivity contribution in [1.82, 2.24) is 9.97 Å². The highest BCUT2D eigenvalue weighted by molar-refractivity contribution is 5.69. The van der Waals surface area contributed by atoms with Crippen molar-refractivity contribution in [2.24, 2.45) is 0 Å². The van der Waals surface area contributed by atoms with Crippen LogP contribution in [0.15, 0.2) is 30.6 Å². The van der Waals surface area contributed by atoms with Crippen molar-refractivity contribution in [3.8, 4) is 11.3 Å². The average Bonchev–Trinajstić information content (AvgIpc) is 2.45. The van der Waals surface area contributed by atoms with Crippen LogP contribution in [0, 0.1) is 0 Å². The molecule has 0 spiro atoms. The van der Waals surface area contributed by atoms with E-state index >= 15 is 0 Å². The molecular weight excluding hydrogens is 279 g/mol. The highest BCUT2D eigenvalue weighted by atomic mass is 19.4. The second kappa shape index (κ2) is 5.71. The molecular formula is C15H16F3N3. The third-order valence-electron chi connectivity index (χ3n) is 3.16. The van der Waals surface area contributed by atoms with E-state index in [9.17, 15) is 13.2 Å². The molecule has 0 atom stereocenters. The minimum absolute atomic E-state index is 0.0817. The Kier molecular flexibility index (Phi) is 4.16. The zero-order valence-electron chi connectivity index (χ0n) is 12.0. The molecule has 1 N–H and O–H groups in total. The van der Waals surface area contributed by atoms with Gasteiger partial charge in [0.25, 0.3) is 0 Å². The van der Waals surface area contributed by atoms with E-state index in [2.05, 4.69) is 15.3 Å². The quantitative estimate of drug-likeness (QED) is 0.916. The molecule has 2 aromatic rings. The fourth-order valence-corrected chi connectivity index (χ4v) is 2.21. The summed E-state index contributed by atoms with van der Waals surface area (Å²) >= 11 is 0. The van der Waals surface area contributed by atoms with Crippen molar-refractivity contribution in [2.45, 2.75) is 25.9 Å². The van der Waals surface area contributed by atoms with Crippen LogP contribution >= 0.6 is 0 Å². The number of benzene rings is 1. The number of nitrogens with zero attached hydrogens (tertiary/aromatic N) is 2. The Morgan fingerprint density at radius 2 is 1.86 bits per heavy atom. The molecule has 0 amide bonds. The molecule has 6 heteroatoms. The molecule has 0 unspecified atom stereocenters. The average molecular weight is 295 g/mol. The monoisotopic (exact) mass is 295 g/mol. The normalized spacial score (nSPS) is 11.8. The second-order valence-electron chi connectivity index (χ2n) is 4.97. The third kappa shape index (κ3) is 3.15. The Hall–Kier alpha value is -2.11. The lowest BCUT2D eigenvalue weighted by atomic mass is 9.96. The van der Waals surface area contributed by atoms with E-state index in [1.807, 2.05) is 13.8 Å². The Morgan fingerprint density at radius 1 is 1.14 bits per heavy atom. The maximum atomic E-state index is 12.8. The standard InChI is InChI=1S/C15H16F3N3/c1-9(2)12-13(20-8-21-14(12)19-3)10-5-4-6-11(7-10)15(16,17)18/h4-9H,1-3H3,(H,19,20,21). The highest BCUT2D eigenvalue weighted by Gasteiger charge is 2.30. The van der Waals surface area contributed by atoms with Crippen LogP contribution in [-0.4, -0.2) is 17.0 Å². The van der Waals surface area contributed by atoms with Gasteiger partial charge in [0.1, 0.15) is 12.1 Å². The van der Waals surface area contributed by atoms with Gasteiger partial charge in [-0.1, -0.05) is 26.0 Å². The Bertz CT molecular complexity index is 636. The molecule has 0 saturated carbocycles. The van der Waals surface area contributed by atoms with Crippen LogP contribution in [0.3, 0.4) is 0 Å². The number of rotatable bonds is 3. The fraction of sp³-hybridized carbons (Fsp3) is 0.333. The van der Waals surface area contributed by atoms with Gasteiger partial charge in [-0.25, -0.2) is 9.97 Å². The fourth-order valence-electron chi connectivity index (χ4n) is 2.21. The minimum atomic E-state index is -4.37. The van der Waals surface area contributed by atoms with Gasteiger partial charge in [0.2, 0.25) is 0 Å². The number of aromatic nitrogens is 2. The number of anilines is 1. The summed E-state index contributed by atoms with van der Waals surface area (Å²) in [4.78, 5) is 8.31. The van der Waals surface area contributed by atoms with Crippen LogP contribution in [0.1, 0.15) is 30.9 Å². The highest BCUT2D eigenvalue weighted by Crippen LogP contribution is 2.35. The molecule has 1 heterocycles. The number of nitrogens with one attached hydrogen (secondary N) is 1. The van der Waals surface area contributed by atoms with Crippen LogP contribution in [0.4, 0.5) is 19.0 Å². The molecule has 0 saturated heterocycles. The lowest BCUT2D eigenvalue weighted by molar-refractivity contribution is -0.137. The number of hydrogen-bond donors (Lipinski definition) is 1. The zero-order chi connectivity index (χ0) is 15.6. The molecule has 2 rings (SSSR count). The molecule has 0 fully saturated rings. The molecule has 0 radical (unpaired) electrons. The lowest BCUT2D eigenvalue weighted by Crippen LogP contribution is -2.07. The smallest absolute Gasteiger partial charge is 0.373 e. The zero-order valence-corrected chi connectivity index (χ0v) is 12.0. The minimum Gasteiger partial charge on any atom is -0.373 e. The summed E-state index contributed by atoms with van der Waals surface area (Å²) in [5, 5.41) is 2.96.